The molecule has 2 heterocycles. The number of carbonyl (C=O) groups is 1. The maximum Gasteiger partial charge on any atom is 0.350 e. The summed E-state index contributed by atoms with van der Waals surface area (Å²) in [5, 5.41) is 21.0. The van der Waals surface area contributed by atoms with Crippen LogP contribution in [0.2, 0.25) is 0 Å². The summed E-state index contributed by atoms with van der Waals surface area (Å²) in [7, 11) is 0. The van der Waals surface area contributed by atoms with Gasteiger partial charge in [-0.2, -0.15) is 4.98 Å². The smallest absolute Gasteiger partial charge is 0.350 e. The van der Waals surface area contributed by atoms with Crippen LogP contribution in [0.25, 0.3) is 0 Å². The Bertz CT molecular complexity index is 780. The molecule has 3 atom stereocenters. The second-order valence-electron chi connectivity index (χ2n) is 5.44. The summed E-state index contributed by atoms with van der Waals surface area (Å²) >= 11 is 1.34. The molecule has 3 rings (SSSR count). The molecule has 126 valence electrons. The predicted molar refractivity (Wildman–Crippen MR) is 91.0 cm³/mol. The third-order valence-corrected chi connectivity index (χ3v) is 5.35. The summed E-state index contributed by atoms with van der Waals surface area (Å²) in [6.45, 7) is -0.143. The normalized spacial score (nSPS) is 23.2. The fourth-order valence-electron chi connectivity index (χ4n) is 2.53. The van der Waals surface area contributed by atoms with Crippen LogP contribution in [0.3, 0.4) is 0 Å². The molecule has 8 heteroatoms. The van der Waals surface area contributed by atoms with Gasteiger partial charge in [0.2, 0.25) is 0 Å². The van der Waals surface area contributed by atoms with Gasteiger partial charge in [0.05, 0.1) is 23.3 Å². The molecule has 1 amide bonds. The largest absolute Gasteiger partial charge is 0.395 e. The number of nitrogens with zero attached hydrogens (tertiary/aromatic N) is 2. The first kappa shape index (κ1) is 16.7. The molecular weight excluding hydrogens is 330 g/mol. The van der Waals surface area contributed by atoms with Crippen molar-refractivity contribution in [2.24, 2.45) is 0 Å². The molecule has 24 heavy (non-hydrogen) atoms. The van der Waals surface area contributed by atoms with E-state index in [9.17, 15) is 19.8 Å². The van der Waals surface area contributed by atoms with E-state index in [-0.39, 0.29) is 29.0 Å². The van der Waals surface area contributed by atoms with E-state index in [0.717, 1.165) is 0 Å². The van der Waals surface area contributed by atoms with Crippen LogP contribution in [0.15, 0.2) is 47.4 Å². The number of aromatic nitrogens is 2. The standard InChI is InChI=1S/C16H17N3O4S/c20-9-12-11(21)8-14(24-12)19-7-6-13(18-16(19)23)17-15(22)10-4-2-1-3-5-10/h1-7,11-12,14,20-21H,8-9H2,(H,17,18,22,23)/t11-,12+,14+/m0/s1. The third kappa shape index (κ3) is 3.50. The minimum atomic E-state index is -0.658. The molecule has 0 unspecified atom stereocenters. The van der Waals surface area contributed by atoms with Gasteiger partial charge >= 0.3 is 5.69 Å². The van der Waals surface area contributed by atoms with Crippen LogP contribution in [0.4, 0.5) is 5.82 Å². The Labute approximate surface area is 142 Å². The fraction of sp³-hybridized carbons (Fsp3) is 0.312. The monoisotopic (exact) mass is 347 g/mol. The highest BCUT2D eigenvalue weighted by atomic mass is 32.2. The van der Waals surface area contributed by atoms with Gasteiger partial charge in [0.1, 0.15) is 5.82 Å². The van der Waals surface area contributed by atoms with Crippen LogP contribution in [0.5, 0.6) is 0 Å². The zero-order valence-electron chi connectivity index (χ0n) is 12.7. The highest BCUT2D eigenvalue weighted by molar-refractivity contribution is 8.00. The average Bonchev–Trinajstić information content (AvgIpc) is 2.96. The first-order valence-electron chi connectivity index (χ1n) is 7.48. The van der Waals surface area contributed by atoms with Crippen molar-refractivity contribution < 1.29 is 15.0 Å². The highest BCUT2D eigenvalue weighted by Gasteiger charge is 2.34. The van der Waals surface area contributed by atoms with Crippen molar-refractivity contribution in [3.05, 3.63) is 58.6 Å². The van der Waals surface area contributed by atoms with E-state index in [1.54, 1.807) is 36.5 Å². The number of nitrogens with one attached hydrogen (secondary N) is 1. The SMILES string of the molecule is O=C(Nc1ccn([C@H]2C[C@H](O)[C@@H](CO)S2)c(=O)n1)c1ccccc1. The van der Waals surface area contributed by atoms with Crippen molar-refractivity contribution in [3.8, 4) is 0 Å². The minimum Gasteiger partial charge on any atom is -0.395 e. The van der Waals surface area contributed by atoms with Crippen LogP contribution in [-0.2, 0) is 0 Å². The lowest BCUT2D eigenvalue weighted by atomic mass is 10.2. The van der Waals surface area contributed by atoms with Crippen molar-refractivity contribution in [1.82, 2.24) is 9.55 Å². The zero-order chi connectivity index (χ0) is 17.1. The Balaban J connectivity index is 1.74. The van der Waals surface area contributed by atoms with Crippen molar-refractivity contribution >= 4 is 23.5 Å². The molecule has 1 aromatic heterocycles. The Morgan fingerprint density at radius 3 is 2.71 bits per heavy atom. The molecule has 1 aromatic carbocycles. The van der Waals surface area contributed by atoms with Crippen molar-refractivity contribution in [2.75, 3.05) is 11.9 Å². The number of aliphatic hydroxyl groups is 2. The number of hydrogen-bond donors (Lipinski definition) is 3. The number of thioether (sulfide) groups is 1. The lowest BCUT2D eigenvalue weighted by Gasteiger charge is -2.13. The van der Waals surface area contributed by atoms with E-state index in [4.69, 9.17) is 0 Å². The summed E-state index contributed by atoms with van der Waals surface area (Å²) in [6.07, 6.45) is 1.25. The molecule has 1 fully saturated rings. The molecule has 2 aromatic rings. The lowest BCUT2D eigenvalue weighted by Crippen LogP contribution is -2.26. The fourth-order valence-corrected chi connectivity index (χ4v) is 3.91. The third-order valence-electron chi connectivity index (χ3n) is 3.80. The molecule has 7 nitrogen and oxygen atoms in total. The molecular formula is C16H17N3O4S. The molecule has 0 spiro atoms. The molecule has 0 bridgehead atoms. The van der Waals surface area contributed by atoms with Crippen molar-refractivity contribution in [1.29, 1.82) is 0 Å². The lowest BCUT2D eigenvalue weighted by molar-refractivity contribution is 0.102. The van der Waals surface area contributed by atoms with Crippen LogP contribution in [0.1, 0.15) is 22.2 Å². The summed E-state index contributed by atoms with van der Waals surface area (Å²) in [6, 6.07) is 10.2. The van der Waals surface area contributed by atoms with Gasteiger partial charge in [0.15, 0.2) is 0 Å². The first-order chi connectivity index (χ1) is 11.6. The Morgan fingerprint density at radius 1 is 1.33 bits per heavy atom. The maximum atomic E-state index is 12.2. The molecule has 1 aliphatic rings. The highest BCUT2D eigenvalue weighted by Crippen LogP contribution is 2.40. The Kier molecular flexibility index (Phi) is 4.98. The van der Waals surface area contributed by atoms with Crippen LogP contribution >= 0.6 is 11.8 Å². The molecule has 0 saturated carbocycles. The number of rotatable bonds is 4. The molecule has 3 N–H and O–H groups in total. The molecule has 0 radical (unpaired) electrons. The second kappa shape index (κ2) is 7.16. The van der Waals surface area contributed by atoms with Crippen LogP contribution in [0, 0.1) is 0 Å². The van der Waals surface area contributed by atoms with Crippen molar-refractivity contribution in [3.63, 3.8) is 0 Å². The van der Waals surface area contributed by atoms with Gasteiger partial charge in [-0.25, -0.2) is 4.79 Å². The number of anilines is 1. The van der Waals surface area contributed by atoms with E-state index in [1.165, 1.54) is 16.3 Å². The zero-order valence-corrected chi connectivity index (χ0v) is 13.5. The van der Waals surface area contributed by atoms with Crippen LogP contribution < -0.4 is 11.0 Å². The van der Waals surface area contributed by atoms with E-state index >= 15 is 0 Å². The number of hydrogen-bond acceptors (Lipinski definition) is 6. The predicted octanol–water partition coefficient (Wildman–Crippen LogP) is 0.853. The van der Waals surface area contributed by atoms with Crippen LogP contribution in [-0.4, -0.2) is 43.6 Å². The number of carbonyl (C=O) groups excluding carboxylic acids is 1. The Morgan fingerprint density at radius 2 is 2.08 bits per heavy atom. The molecule has 1 aliphatic heterocycles. The summed E-state index contributed by atoms with van der Waals surface area (Å²) < 4.78 is 1.40. The van der Waals surface area contributed by atoms with E-state index in [0.29, 0.717) is 12.0 Å². The quantitative estimate of drug-likeness (QED) is 0.757. The first-order valence-corrected chi connectivity index (χ1v) is 8.42. The van der Waals surface area contributed by atoms with Gasteiger partial charge in [-0.1, -0.05) is 18.2 Å². The Hall–Kier alpha value is -2.16. The van der Waals surface area contributed by atoms with Gasteiger partial charge in [0, 0.05) is 18.2 Å². The number of amides is 1. The topological polar surface area (TPSA) is 104 Å². The van der Waals surface area contributed by atoms with E-state index in [1.807, 2.05) is 6.07 Å². The number of benzene rings is 1. The second-order valence-corrected chi connectivity index (χ2v) is 6.86. The van der Waals surface area contributed by atoms with Gasteiger partial charge in [-0.3, -0.25) is 9.36 Å². The minimum absolute atomic E-state index is 0.143. The van der Waals surface area contributed by atoms with E-state index in [2.05, 4.69) is 10.3 Å². The van der Waals surface area contributed by atoms with Gasteiger partial charge < -0.3 is 15.5 Å². The number of aliphatic hydroxyl groups excluding tert-OH is 2. The summed E-state index contributed by atoms with van der Waals surface area (Å²) in [5.74, 6) is -0.168. The van der Waals surface area contributed by atoms with Gasteiger partial charge in [-0.05, 0) is 18.2 Å². The molecule has 0 aliphatic carbocycles. The average molecular weight is 347 g/mol. The summed E-state index contributed by atoms with van der Waals surface area (Å²) in [5.41, 5.74) is -0.0344. The van der Waals surface area contributed by atoms with Gasteiger partial charge in [0.25, 0.3) is 5.91 Å². The van der Waals surface area contributed by atoms with E-state index < -0.39 is 11.8 Å². The molecule has 1 saturated heterocycles. The maximum absolute atomic E-state index is 12.2. The van der Waals surface area contributed by atoms with Gasteiger partial charge in [-0.15, -0.1) is 11.8 Å². The van der Waals surface area contributed by atoms with Crippen molar-refractivity contribution in [2.45, 2.75) is 23.1 Å². The summed E-state index contributed by atoms with van der Waals surface area (Å²) in [4.78, 5) is 28.1.